The van der Waals surface area contributed by atoms with Crippen LogP contribution >= 0.6 is 0 Å². The summed E-state index contributed by atoms with van der Waals surface area (Å²) in [6, 6.07) is 25.2. The van der Waals surface area contributed by atoms with E-state index in [4.69, 9.17) is 4.43 Å². The smallest absolute Gasteiger partial charge is 0.243 e. The fraction of sp³-hybridized carbons (Fsp3) is 0.364. The van der Waals surface area contributed by atoms with E-state index >= 15 is 0 Å². The highest BCUT2D eigenvalue weighted by Gasteiger charge is 2.45. The molecule has 5 nitrogen and oxygen atoms in total. The molecule has 3 aromatic carbocycles. The van der Waals surface area contributed by atoms with Crippen molar-refractivity contribution in [2.45, 2.75) is 63.7 Å². The molecule has 0 saturated carbocycles. The second-order valence-electron chi connectivity index (χ2n) is 12.3. The van der Waals surface area contributed by atoms with E-state index in [0.29, 0.717) is 11.1 Å². The highest BCUT2D eigenvalue weighted by Crippen LogP contribution is 2.42. The zero-order valence-electron chi connectivity index (χ0n) is 24.6. The molecule has 0 saturated heterocycles. The van der Waals surface area contributed by atoms with Crippen molar-refractivity contribution in [3.63, 3.8) is 0 Å². The van der Waals surface area contributed by atoms with Crippen molar-refractivity contribution >= 4 is 29.7 Å². The third kappa shape index (κ3) is 6.08. The second-order valence-corrected chi connectivity index (χ2v) is 19.0. The Labute approximate surface area is 241 Å². The summed E-state index contributed by atoms with van der Waals surface area (Å²) in [6.45, 7) is 15.1. The highest BCUT2D eigenvalue weighted by atomic mass is 32.2. The minimum absolute atomic E-state index is 0.0606. The van der Waals surface area contributed by atoms with Crippen LogP contribution in [0.4, 0.5) is 0 Å². The average molecular weight is 576 g/mol. The maximum Gasteiger partial charge on any atom is 0.243 e. The van der Waals surface area contributed by atoms with E-state index in [2.05, 4.69) is 33.9 Å². The molecule has 0 bridgehead atoms. The van der Waals surface area contributed by atoms with E-state index < -0.39 is 24.4 Å². The maximum atomic E-state index is 14.3. The van der Waals surface area contributed by atoms with Gasteiger partial charge in [-0.25, -0.2) is 8.42 Å². The second kappa shape index (κ2) is 11.6. The molecule has 0 amide bonds. The molecule has 1 aliphatic heterocycles. The Morgan fingerprint density at radius 1 is 0.925 bits per heavy atom. The molecule has 1 aliphatic rings. The van der Waals surface area contributed by atoms with E-state index in [-0.39, 0.29) is 34.8 Å². The first-order chi connectivity index (χ1) is 18.7. The van der Waals surface area contributed by atoms with Crippen molar-refractivity contribution < 1.29 is 17.6 Å². The Morgan fingerprint density at radius 3 is 2.02 bits per heavy atom. The Bertz CT molecular complexity index is 1470. The first-order valence-electron chi connectivity index (χ1n) is 13.9. The minimum atomic E-state index is -3.90. The zero-order chi connectivity index (χ0) is 29.3. The van der Waals surface area contributed by atoms with Gasteiger partial charge >= 0.3 is 0 Å². The molecule has 0 radical (unpaired) electrons. The van der Waals surface area contributed by atoms with Crippen LogP contribution < -0.4 is 0 Å². The van der Waals surface area contributed by atoms with Crippen molar-refractivity contribution in [3.05, 3.63) is 107 Å². The number of benzene rings is 3. The van der Waals surface area contributed by atoms with E-state index in [1.54, 1.807) is 16.4 Å². The summed E-state index contributed by atoms with van der Waals surface area (Å²) in [5, 5.41) is -0.0606. The van der Waals surface area contributed by atoms with Crippen LogP contribution in [-0.2, 0) is 14.4 Å². The van der Waals surface area contributed by atoms with Crippen LogP contribution in [0.15, 0.2) is 95.4 Å². The third-order valence-corrected chi connectivity index (χ3v) is 14.7. The van der Waals surface area contributed by atoms with Crippen LogP contribution in [0.25, 0.3) is 5.57 Å². The minimum Gasteiger partial charge on any atom is -0.415 e. The number of carbonyl (C=O) groups is 1. The standard InChI is InChI=1S/C33H41NO4SSi/c1-24-18-20-28(21-19-24)39(36,37)34-22-25(2)30(32(35)27-16-12-9-13-17-27)31(26-14-10-8-11-15-26)29(34)23-38-40(6,7)33(3,4)5/h8-21,25,29H,22-23H2,1-7H3/t25-,29-/m0/s1. The number of ketones is 1. The van der Waals surface area contributed by atoms with Crippen molar-refractivity contribution in [2.75, 3.05) is 13.2 Å². The van der Waals surface area contributed by atoms with Gasteiger partial charge in [-0.15, -0.1) is 0 Å². The van der Waals surface area contributed by atoms with Gasteiger partial charge in [-0.2, -0.15) is 4.31 Å². The van der Waals surface area contributed by atoms with E-state index in [0.717, 1.165) is 16.7 Å². The molecule has 0 fully saturated rings. The van der Waals surface area contributed by atoms with Gasteiger partial charge in [0.1, 0.15) is 0 Å². The van der Waals surface area contributed by atoms with Crippen molar-refractivity contribution in [3.8, 4) is 0 Å². The van der Waals surface area contributed by atoms with Crippen molar-refractivity contribution in [1.29, 1.82) is 0 Å². The van der Waals surface area contributed by atoms with E-state index in [9.17, 15) is 13.2 Å². The van der Waals surface area contributed by atoms with Gasteiger partial charge in [0.05, 0.1) is 17.5 Å². The summed E-state index contributed by atoms with van der Waals surface area (Å²) >= 11 is 0. The van der Waals surface area contributed by atoms with Crippen molar-refractivity contribution in [1.82, 2.24) is 4.31 Å². The summed E-state index contributed by atoms with van der Waals surface area (Å²) in [4.78, 5) is 14.3. The van der Waals surface area contributed by atoms with Crippen LogP contribution in [0.5, 0.6) is 0 Å². The Kier molecular flexibility index (Phi) is 8.71. The Balaban J connectivity index is 1.94. The normalized spacial score (nSPS) is 19.1. The number of rotatable bonds is 8. The van der Waals surface area contributed by atoms with Gasteiger partial charge in [0.25, 0.3) is 0 Å². The van der Waals surface area contributed by atoms with Gasteiger partial charge in [-0.3, -0.25) is 4.79 Å². The number of sulfonamides is 1. The van der Waals surface area contributed by atoms with Crippen LogP contribution in [0.2, 0.25) is 18.1 Å². The SMILES string of the molecule is Cc1ccc(S(=O)(=O)N2C[C@H](C)C(C(=O)c3ccccc3)=C(c3ccccc3)[C@@H]2CO[Si](C)(C)C(C)(C)C)cc1. The summed E-state index contributed by atoms with van der Waals surface area (Å²) in [7, 11) is -6.15. The number of Topliss-reactive ketones (excluding diaryl/α,β-unsaturated/α-hetero) is 1. The topological polar surface area (TPSA) is 63.7 Å². The van der Waals surface area contributed by atoms with Gasteiger partial charge in [0.15, 0.2) is 14.1 Å². The quantitative estimate of drug-likeness (QED) is 0.208. The molecule has 212 valence electrons. The molecule has 0 spiro atoms. The third-order valence-electron chi connectivity index (χ3n) is 8.32. The van der Waals surface area contributed by atoms with Crippen LogP contribution in [0.1, 0.15) is 49.2 Å². The van der Waals surface area contributed by atoms with Gasteiger partial charge in [0.2, 0.25) is 10.0 Å². The lowest BCUT2D eigenvalue weighted by Crippen LogP contribution is -2.52. The number of nitrogens with zero attached hydrogens (tertiary/aromatic N) is 1. The number of aryl methyl sites for hydroxylation is 1. The molecule has 0 N–H and O–H groups in total. The molecule has 7 heteroatoms. The largest absolute Gasteiger partial charge is 0.415 e. The molecule has 4 rings (SSSR count). The van der Waals surface area contributed by atoms with E-state index in [1.807, 2.05) is 86.6 Å². The first kappa shape index (κ1) is 30.1. The molecular formula is C33H41NO4SSi. The van der Waals surface area contributed by atoms with Gasteiger partial charge in [-0.1, -0.05) is 106 Å². The molecular weight excluding hydrogens is 535 g/mol. The lowest BCUT2D eigenvalue weighted by molar-refractivity contribution is 0.101. The lowest BCUT2D eigenvalue weighted by Gasteiger charge is -2.43. The predicted molar refractivity (Wildman–Crippen MR) is 165 cm³/mol. The fourth-order valence-electron chi connectivity index (χ4n) is 4.92. The summed E-state index contributed by atoms with van der Waals surface area (Å²) < 4.78 is 36.8. The monoisotopic (exact) mass is 575 g/mol. The molecule has 0 aromatic heterocycles. The maximum absolute atomic E-state index is 14.3. The average Bonchev–Trinajstić information content (AvgIpc) is 2.92. The lowest BCUT2D eigenvalue weighted by atomic mass is 9.80. The van der Waals surface area contributed by atoms with Crippen molar-refractivity contribution in [2.24, 2.45) is 5.92 Å². The zero-order valence-corrected chi connectivity index (χ0v) is 26.5. The summed E-state index contributed by atoms with van der Waals surface area (Å²) in [5.41, 5.74) is 3.79. The fourth-order valence-corrected chi connectivity index (χ4v) is 7.60. The molecule has 3 aromatic rings. The van der Waals surface area contributed by atoms with E-state index in [1.165, 1.54) is 0 Å². The van der Waals surface area contributed by atoms with Crippen LogP contribution in [-0.4, -0.2) is 46.0 Å². The van der Waals surface area contributed by atoms with Crippen LogP contribution in [0, 0.1) is 12.8 Å². The molecule has 2 atom stereocenters. The Morgan fingerprint density at radius 2 is 1.48 bits per heavy atom. The Hall–Kier alpha value is -2.84. The molecule has 1 heterocycles. The highest BCUT2D eigenvalue weighted by molar-refractivity contribution is 7.89. The predicted octanol–water partition coefficient (Wildman–Crippen LogP) is 7.36. The first-order valence-corrected chi connectivity index (χ1v) is 18.2. The summed E-state index contributed by atoms with van der Waals surface area (Å²) in [6.07, 6.45) is 0. The number of hydrogen-bond donors (Lipinski definition) is 0. The van der Waals surface area contributed by atoms with Gasteiger partial charge in [0, 0.05) is 17.7 Å². The molecule has 40 heavy (non-hydrogen) atoms. The van der Waals surface area contributed by atoms with Gasteiger partial charge in [-0.05, 0) is 54.2 Å². The number of carbonyl (C=O) groups excluding carboxylic acids is 1. The van der Waals surface area contributed by atoms with Gasteiger partial charge < -0.3 is 4.43 Å². The summed E-state index contributed by atoms with van der Waals surface area (Å²) in [5.74, 6) is -0.399. The molecule has 0 unspecified atom stereocenters. The number of hydrogen-bond acceptors (Lipinski definition) is 4. The van der Waals surface area contributed by atoms with Crippen LogP contribution in [0.3, 0.4) is 0 Å². The molecule has 0 aliphatic carbocycles.